The maximum absolute atomic E-state index is 13.7. The molecule has 10 heteroatoms. The number of carbonyl (C=O) groups is 3. The van der Waals surface area contributed by atoms with Crippen molar-refractivity contribution in [1.29, 1.82) is 5.41 Å². The van der Waals surface area contributed by atoms with E-state index in [0.29, 0.717) is 40.0 Å². The van der Waals surface area contributed by atoms with Gasteiger partial charge >= 0.3 is 0 Å². The quantitative estimate of drug-likeness (QED) is 0.364. The number of methoxy groups -OCH3 is 1. The van der Waals surface area contributed by atoms with Gasteiger partial charge in [-0.25, -0.2) is 0 Å². The number of ketones is 2. The molecule has 0 aliphatic carbocycles. The molecule has 0 bridgehead atoms. The molecule has 0 unspecified atom stereocenters. The van der Waals surface area contributed by atoms with Crippen LogP contribution in [0.3, 0.4) is 0 Å². The molecule has 3 N–H and O–H groups in total. The van der Waals surface area contributed by atoms with Gasteiger partial charge in [0.1, 0.15) is 12.4 Å². The number of aliphatic hydroxyl groups is 1. The Hall–Kier alpha value is -3.76. The summed E-state index contributed by atoms with van der Waals surface area (Å²) in [6, 6.07) is 7.07. The van der Waals surface area contributed by atoms with E-state index in [2.05, 4.69) is 5.32 Å². The number of carbonyl (C=O) groups excluding carboxylic acids is 3. The molecule has 216 valence electrons. The monoisotopic (exact) mass is 551 g/mol. The highest BCUT2D eigenvalue weighted by atomic mass is 16.5. The maximum atomic E-state index is 13.7. The lowest BCUT2D eigenvalue weighted by atomic mass is 9.80. The van der Waals surface area contributed by atoms with Gasteiger partial charge in [0, 0.05) is 76.5 Å². The number of amidine groups is 1. The van der Waals surface area contributed by atoms with Crippen LogP contribution in [0.4, 0.5) is 11.4 Å². The summed E-state index contributed by atoms with van der Waals surface area (Å²) in [4.78, 5) is 44.7. The highest BCUT2D eigenvalue weighted by Crippen LogP contribution is 2.35. The van der Waals surface area contributed by atoms with Gasteiger partial charge in [0.05, 0.1) is 18.7 Å². The van der Waals surface area contributed by atoms with Crippen molar-refractivity contribution in [2.75, 3.05) is 71.4 Å². The number of fused-ring (bicyclic) bond motifs is 1. The number of ether oxygens (including phenoxy) is 1. The molecule has 2 aromatic carbocycles. The van der Waals surface area contributed by atoms with E-state index in [4.69, 9.17) is 10.1 Å². The van der Waals surface area contributed by atoms with Gasteiger partial charge < -0.3 is 29.9 Å². The molecule has 0 radical (unpaired) electrons. The van der Waals surface area contributed by atoms with Crippen LogP contribution in [0, 0.1) is 5.41 Å². The molecule has 0 saturated heterocycles. The van der Waals surface area contributed by atoms with Gasteiger partial charge in [-0.15, -0.1) is 0 Å². The second-order valence-corrected chi connectivity index (χ2v) is 11.3. The van der Waals surface area contributed by atoms with Crippen LogP contribution in [0.1, 0.15) is 68.5 Å². The number of aliphatic hydroxyl groups excluding tert-OH is 1. The maximum Gasteiger partial charge on any atom is 0.253 e. The minimum atomic E-state index is -0.459. The molecule has 1 heterocycles. The second kappa shape index (κ2) is 12.2. The summed E-state index contributed by atoms with van der Waals surface area (Å²) in [7, 11) is 8.52. The van der Waals surface area contributed by atoms with Gasteiger partial charge in [0.25, 0.3) is 5.91 Å². The molecule has 2 aromatic rings. The van der Waals surface area contributed by atoms with E-state index < -0.39 is 5.41 Å². The van der Waals surface area contributed by atoms with Gasteiger partial charge in [-0.2, -0.15) is 0 Å². The van der Waals surface area contributed by atoms with E-state index in [-0.39, 0.29) is 49.6 Å². The predicted octanol–water partition coefficient (Wildman–Crippen LogP) is 2.69. The molecule has 0 saturated carbocycles. The standard InChI is InChI=1S/C30H41N5O5/c1-30(2,3)22-11-18(12-24(34(7)9-10-36)27(22)26(38)17-40-8)25(37)16-35-15-19-13-23(33(5)6)21(29(39)32-4)14-20(19)28(35)31/h11-14,31,36H,9-10,15-17H2,1-8H3,(H,32,39). The molecule has 1 aliphatic rings. The van der Waals surface area contributed by atoms with Crippen LogP contribution in [0.2, 0.25) is 0 Å². The van der Waals surface area contributed by atoms with Crippen LogP contribution in [-0.4, -0.2) is 94.9 Å². The lowest BCUT2D eigenvalue weighted by Crippen LogP contribution is -2.32. The number of nitrogens with zero attached hydrogens (tertiary/aromatic N) is 3. The average molecular weight is 552 g/mol. The third-order valence-electron chi connectivity index (χ3n) is 7.09. The number of anilines is 2. The summed E-state index contributed by atoms with van der Waals surface area (Å²) in [6.45, 7) is 6.32. The molecular formula is C30H41N5O5. The van der Waals surface area contributed by atoms with E-state index in [9.17, 15) is 19.5 Å². The van der Waals surface area contributed by atoms with Crippen LogP contribution in [0.15, 0.2) is 24.3 Å². The van der Waals surface area contributed by atoms with Crippen molar-refractivity contribution in [3.63, 3.8) is 0 Å². The zero-order chi connectivity index (χ0) is 29.9. The predicted molar refractivity (Wildman–Crippen MR) is 157 cm³/mol. The summed E-state index contributed by atoms with van der Waals surface area (Å²) < 4.78 is 5.14. The van der Waals surface area contributed by atoms with Gasteiger partial charge in [-0.05, 0) is 40.8 Å². The zero-order valence-electron chi connectivity index (χ0n) is 24.8. The van der Waals surface area contributed by atoms with Gasteiger partial charge in [0.15, 0.2) is 11.6 Å². The first-order chi connectivity index (χ1) is 18.7. The van der Waals surface area contributed by atoms with Crippen molar-refractivity contribution in [3.05, 3.63) is 57.6 Å². The van der Waals surface area contributed by atoms with Gasteiger partial charge in [0.2, 0.25) is 0 Å². The van der Waals surface area contributed by atoms with Crippen molar-refractivity contribution >= 4 is 34.7 Å². The Kier molecular flexibility index (Phi) is 9.37. The Labute approximate surface area is 236 Å². The normalized spacial score (nSPS) is 12.8. The van der Waals surface area contributed by atoms with Crippen molar-refractivity contribution in [3.8, 4) is 0 Å². The van der Waals surface area contributed by atoms with Crippen LogP contribution in [0.5, 0.6) is 0 Å². The number of Topliss-reactive ketones (excluding diaryl/α,β-unsaturated/α-hetero) is 2. The van der Waals surface area contributed by atoms with Crippen molar-refractivity contribution in [2.45, 2.75) is 32.7 Å². The Bertz CT molecular complexity index is 1330. The largest absolute Gasteiger partial charge is 0.395 e. The molecule has 0 atom stereocenters. The lowest BCUT2D eigenvalue weighted by Gasteiger charge is -2.29. The number of likely N-dealkylation sites (N-methyl/N-ethyl adjacent to an activating group) is 1. The third-order valence-corrected chi connectivity index (χ3v) is 7.09. The van der Waals surface area contributed by atoms with E-state index in [1.54, 1.807) is 42.1 Å². The second-order valence-electron chi connectivity index (χ2n) is 11.3. The number of hydrogen-bond acceptors (Lipinski definition) is 8. The van der Waals surface area contributed by atoms with Crippen LogP contribution in [-0.2, 0) is 16.7 Å². The number of nitrogens with one attached hydrogen (secondary N) is 2. The SMILES string of the molecule is CNC(=O)c1cc2c(cc1N(C)C)CN(CC(=O)c1cc(N(C)CCO)c(C(=O)COC)c(C(C)(C)C)c1)C2=N. The molecule has 10 nitrogen and oxygen atoms in total. The Morgan fingerprint density at radius 2 is 1.75 bits per heavy atom. The highest BCUT2D eigenvalue weighted by molar-refractivity contribution is 6.10. The zero-order valence-corrected chi connectivity index (χ0v) is 24.8. The van der Waals surface area contributed by atoms with Crippen LogP contribution < -0.4 is 15.1 Å². The van der Waals surface area contributed by atoms with Gasteiger partial charge in [-0.1, -0.05) is 20.8 Å². The fourth-order valence-corrected chi connectivity index (χ4v) is 4.97. The number of amides is 1. The van der Waals surface area contributed by atoms with Crippen molar-refractivity contribution < 1.29 is 24.2 Å². The van der Waals surface area contributed by atoms with Crippen LogP contribution in [0.25, 0.3) is 0 Å². The summed E-state index contributed by atoms with van der Waals surface area (Å²) >= 11 is 0. The fraction of sp³-hybridized carbons (Fsp3) is 0.467. The van der Waals surface area contributed by atoms with E-state index in [1.165, 1.54) is 7.11 Å². The molecular weight excluding hydrogens is 510 g/mol. The first kappa shape index (κ1) is 30.8. The summed E-state index contributed by atoms with van der Waals surface area (Å²) in [6.07, 6.45) is 0. The summed E-state index contributed by atoms with van der Waals surface area (Å²) in [5.41, 5.74) is 4.39. The summed E-state index contributed by atoms with van der Waals surface area (Å²) in [5, 5.41) is 21.0. The third kappa shape index (κ3) is 6.18. The smallest absolute Gasteiger partial charge is 0.253 e. The average Bonchev–Trinajstić information content (AvgIpc) is 3.20. The molecule has 0 fully saturated rings. The Balaban J connectivity index is 2.03. The summed E-state index contributed by atoms with van der Waals surface area (Å²) in [5.74, 6) is -0.469. The molecule has 0 aromatic heterocycles. The first-order valence-corrected chi connectivity index (χ1v) is 13.2. The Morgan fingerprint density at radius 3 is 2.30 bits per heavy atom. The van der Waals surface area contributed by atoms with E-state index >= 15 is 0 Å². The molecule has 40 heavy (non-hydrogen) atoms. The number of hydrogen-bond donors (Lipinski definition) is 3. The van der Waals surface area contributed by atoms with Crippen molar-refractivity contribution in [2.24, 2.45) is 0 Å². The molecule has 0 spiro atoms. The molecule has 1 aliphatic heterocycles. The highest BCUT2D eigenvalue weighted by Gasteiger charge is 2.31. The topological polar surface area (TPSA) is 126 Å². The lowest BCUT2D eigenvalue weighted by molar-refractivity contribution is 0.0845. The molecule has 1 amide bonds. The fourth-order valence-electron chi connectivity index (χ4n) is 4.97. The van der Waals surface area contributed by atoms with E-state index in [0.717, 1.165) is 11.3 Å². The molecule has 3 rings (SSSR count). The minimum Gasteiger partial charge on any atom is -0.395 e. The Morgan fingerprint density at radius 1 is 1.07 bits per heavy atom. The van der Waals surface area contributed by atoms with Gasteiger partial charge in [-0.3, -0.25) is 19.8 Å². The first-order valence-electron chi connectivity index (χ1n) is 13.2. The number of benzene rings is 2. The number of rotatable bonds is 11. The van der Waals surface area contributed by atoms with Crippen molar-refractivity contribution in [1.82, 2.24) is 10.2 Å². The van der Waals surface area contributed by atoms with Crippen LogP contribution >= 0.6 is 0 Å². The van der Waals surface area contributed by atoms with E-state index in [1.807, 2.05) is 45.8 Å². The minimum absolute atomic E-state index is 0.0434.